The van der Waals surface area contributed by atoms with Gasteiger partial charge < -0.3 is 0 Å². The molecule has 0 N–H and O–H groups in total. The molecule has 0 aliphatic heterocycles. The fourth-order valence-electron chi connectivity index (χ4n) is 1.20. The molecule has 0 saturated heterocycles. The lowest BCUT2D eigenvalue weighted by atomic mass is 9.78. The summed E-state index contributed by atoms with van der Waals surface area (Å²) in [4.78, 5) is 22.9. The van der Waals surface area contributed by atoms with Crippen LogP contribution in [0.5, 0.6) is 0 Å². The Morgan fingerprint density at radius 2 is 1.71 bits per heavy atom. The second-order valence-electron chi connectivity index (χ2n) is 5.02. The zero-order valence-electron chi connectivity index (χ0n) is 10.0. The second kappa shape index (κ2) is 5.28. The van der Waals surface area contributed by atoms with E-state index in [9.17, 15) is 9.59 Å². The number of ketones is 2. The number of carbonyl (C=O) groups is 2. The molecule has 0 aromatic heterocycles. The molecular formula is C12H22O2. The minimum absolute atomic E-state index is 0.0381. The van der Waals surface area contributed by atoms with Crippen molar-refractivity contribution in [1.29, 1.82) is 0 Å². The van der Waals surface area contributed by atoms with Gasteiger partial charge in [0.15, 0.2) is 0 Å². The maximum atomic E-state index is 11.7. The molecule has 0 aliphatic rings. The summed E-state index contributed by atoms with van der Waals surface area (Å²) < 4.78 is 0. The molecule has 0 bridgehead atoms. The van der Waals surface area contributed by atoms with Gasteiger partial charge in [-0.25, -0.2) is 0 Å². The van der Waals surface area contributed by atoms with E-state index in [1.807, 2.05) is 34.6 Å². The molecule has 0 spiro atoms. The van der Waals surface area contributed by atoms with Crippen molar-refractivity contribution in [2.24, 2.45) is 11.3 Å². The summed E-state index contributed by atoms with van der Waals surface area (Å²) in [5, 5.41) is 0. The van der Waals surface area contributed by atoms with E-state index in [1.165, 1.54) is 0 Å². The second-order valence-corrected chi connectivity index (χ2v) is 5.02. The Morgan fingerprint density at radius 1 is 1.21 bits per heavy atom. The van der Waals surface area contributed by atoms with E-state index in [1.54, 1.807) is 0 Å². The first-order chi connectivity index (χ1) is 6.29. The fourth-order valence-corrected chi connectivity index (χ4v) is 1.20. The molecule has 0 saturated carbocycles. The average molecular weight is 198 g/mol. The maximum absolute atomic E-state index is 11.7. The standard InChI is InChI=1S/C12H22O2/c1-6-7-10(13)8-11(14)9(2)12(3,4)5/h9H,6-8H2,1-5H3. The van der Waals surface area contributed by atoms with Crippen molar-refractivity contribution in [1.82, 2.24) is 0 Å². The van der Waals surface area contributed by atoms with E-state index in [4.69, 9.17) is 0 Å². The SMILES string of the molecule is CCCC(=O)CC(=O)C(C)C(C)(C)C. The number of hydrogen-bond acceptors (Lipinski definition) is 2. The van der Waals surface area contributed by atoms with Crippen molar-refractivity contribution in [2.45, 2.75) is 53.9 Å². The van der Waals surface area contributed by atoms with Crippen molar-refractivity contribution in [3.63, 3.8) is 0 Å². The first-order valence-corrected chi connectivity index (χ1v) is 5.33. The molecule has 0 fully saturated rings. The van der Waals surface area contributed by atoms with Crippen LogP contribution in [0, 0.1) is 11.3 Å². The highest BCUT2D eigenvalue weighted by Gasteiger charge is 2.27. The molecule has 0 aromatic rings. The van der Waals surface area contributed by atoms with Crippen molar-refractivity contribution in [3.8, 4) is 0 Å². The Bertz CT molecular complexity index is 211. The molecule has 0 radical (unpaired) electrons. The fraction of sp³-hybridized carbons (Fsp3) is 0.833. The predicted molar refractivity (Wildman–Crippen MR) is 58.2 cm³/mol. The lowest BCUT2D eigenvalue weighted by Crippen LogP contribution is -2.27. The molecule has 0 amide bonds. The Labute approximate surface area is 87.1 Å². The number of hydrogen-bond donors (Lipinski definition) is 0. The van der Waals surface area contributed by atoms with Crippen LogP contribution in [0.4, 0.5) is 0 Å². The monoisotopic (exact) mass is 198 g/mol. The van der Waals surface area contributed by atoms with Gasteiger partial charge in [-0.1, -0.05) is 34.6 Å². The Hall–Kier alpha value is -0.660. The zero-order chi connectivity index (χ0) is 11.4. The van der Waals surface area contributed by atoms with Gasteiger partial charge in [0.25, 0.3) is 0 Å². The summed E-state index contributed by atoms with van der Waals surface area (Å²) >= 11 is 0. The summed E-state index contributed by atoms with van der Waals surface area (Å²) in [6.07, 6.45) is 1.48. The van der Waals surface area contributed by atoms with Crippen LogP contribution in [0.25, 0.3) is 0 Å². The quantitative estimate of drug-likeness (QED) is 0.636. The molecule has 82 valence electrons. The van der Waals surface area contributed by atoms with Gasteiger partial charge >= 0.3 is 0 Å². The molecule has 0 aromatic carbocycles. The average Bonchev–Trinajstić information content (AvgIpc) is 2.01. The van der Waals surface area contributed by atoms with E-state index >= 15 is 0 Å². The van der Waals surface area contributed by atoms with Crippen molar-refractivity contribution >= 4 is 11.6 Å². The van der Waals surface area contributed by atoms with Gasteiger partial charge in [0.05, 0.1) is 6.42 Å². The topological polar surface area (TPSA) is 34.1 Å². The Balaban J connectivity index is 4.15. The van der Waals surface area contributed by atoms with E-state index < -0.39 is 0 Å². The molecule has 0 rings (SSSR count). The first-order valence-electron chi connectivity index (χ1n) is 5.33. The van der Waals surface area contributed by atoms with Gasteiger partial charge in [-0.15, -0.1) is 0 Å². The molecule has 1 atom stereocenters. The highest BCUT2D eigenvalue weighted by molar-refractivity contribution is 6.00. The van der Waals surface area contributed by atoms with Crippen LogP contribution < -0.4 is 0 Å². The number of Topliss-reactive ketones (excluding diaryl/α,β-unsaturated/α-hetero) is 2. The van der Waals surface area contributed by atoms with E-state index in [0.29, 0.717) is 6.42 Å². The van der Waals surface area contributed by atoms with Crippen molar-refractivity contribution in [3.05, 3.63) is 0 Å². The van der Waals surface area contributed by atoms with Crippen LogP contribution in [-0.4, -0.2) is 11.6 Å². The lowest BCUT2D eigenvalue weighted by Gasteiger charge is -2.25. The first kappa shape index (κ1) is 13.3. The van der Waals surface area contributed by atoms with E-state index in [2.05, 4.69) is 0 Å². The molecule has 0 aliphatic carbocycles. The lowest BCUT2D eigenvalue weighted by molar-refractivity contribution is -0.130. The van der Waals surface area contributed by atoms with Crippen LogP contribution in [0.2, 0.25) is 0 Å². The number of rotatable bonds is 5. The summed E-state index contributed by atoms with van der Waals surface area (Å²) in [5.41, 5.74) is -0.0381. The van der Waals surface area contributed by atoms with Gasteiger partial charge in [0.1, 0.15) is 11.6 Å². The third kappa shape index (κ3) is 4.54. The van der Waals surface area contributed by atoms with Gasteiger partial charge in [-0.3, -0.25) is 9.59 Å². The third-order valence-corrected chi connectivity index (χ3v) is 2.68. The largest absolute Gasteiger partial charge is 0.299 e. The summed E-state index contributed by atoms with van der Waals surface area (Å²) in [6.45, 7) is 9.94. The minimum Gasteiger partial charge on any atom is -0.299 e. The minimum atomic E-state index is -0.0386. The molecular weight excluding hydrogens is 176 g/mol. The van der Waals surface area contributed by atoms with Gasteiger partial charge in [-0.05, 0) is 11.8 Å². The molecule has 1 unspecified atom stereocenters. The highest BCUT2D eigenvalue weighted by atomic mass is 16.1. The zero-order valence-corrected chi connectivity index (χ0v) is 10.0. The predicted octanol–water partition coefficient (Wildman–Crippen LogP) is 3.00. The van der Waals surface area contributed by atoms with Crippen molar-refractivity contribution in [2.75, 3.05) is 0 Å². The highest BCUT2D eigenvalue weighted by Crippen LogP contribution is 2.27. The van der Waals surface area contributed by atoms with Crippen LogP contribution in [0.1, 0.15) is 53.9 Å². The van der Waals surface area contributed by atoms with Crippen LogP contribution >= 0.6 is 0 Å². The van der Waals surface area contributed by atoms with Gasteiger partial charge in [0.2, 0.25) is 0 Å². The van der Waals surface area contributed by atoms with Crippen LogP contribution in [0.3, 0.4) is 0 Å². The Kier molecular flexibility index (Phi) is 5.03. The van der Waals surface area contributed by atoms with Gasteiger partial charge in [0, 0.05) is 12.3 Å². The van der Waals surface area contributed by atoms with Crippen LogP contribution in [-0.2, 0) is 9.59 Å². The molecule has 2 nitrogen and oxygen atoms in total. The van der Waals surface area contributed by atoms with Crippen LogP contribution in [0.15, 0.2) is 0 Å². The molecule has 14 heavy (non-hydrogen) atoms. The summed E-state index contributed by atoms with van der Waals surface area (Å²) in [7, 11) is 0. The normalized spacial score (nSPS) is 13.8. The molecule has 0 heterocycles. The van der Waals surface area contributed by atoms with Crippen molar-refractivity contribution < 1.29 is 9.59 Å². The Morgan fingerprint density at radius 3 is 2.07 bits per heavy atom. The van der Waals surface area contributed by atoms with E-state index in [0.717, 1.165) is 6.42 Å². The summed E-state index contributed by atoms with van der Waals surface area (Å²) in [6, 6.07) is 0. The smallest absolute Gasteiger partial charge is 0.143 e. The third-order valence-electron chi connectivity index (χ3n) is 2.68. The maximum Gasteiger partial charge on any atom is 0.143 e. The van der Waals surface area contributed by atoms with Gasteiger partial charge in [-0.2, -0.15) is 0 Å². The number of carbonyl (C=O) groups excluding carboxylic acids is 2. The molecule has 2 heteroatoms. The summed E-state index contributed by atoms with van der Waals surface area (Å²) in [5.74, 6) is 0.118. The van der Waals surface area contributed by atoms with E-state index in [-0.39, 0.29) is 29.3 Å².